The maximum Gasteiger partial charge on any atom is 0.315 e. The van der Waals surface area contributed by atoms with Gasteiger partial charge in [-0.25, -0.2) is 4.79 Å². The smallest absolute Gasteiger partial charge is 0.315 e. The van der Waals surface area contributed by atoms with Crippen LogP contribution in [0.5, 0.6) is 5.75 Å². The van der Waals surface area contributed by atoms with Gasteiger partial charge in [0.25, 0.3) is 0 Å². The van der Waals surface area contributed by atoms with E-state index in [1.165, 1.54) is 19.3 Å². The van der Waals surface area contributed by atoms with E-state index in [1.54, 1.807) is 7.11 Å². The minimum Gasteiger partial charge on any atom is -0.496 e. The number of carbonyl (C=O) groups excluding carboxylic acids is 1. The van der Waals surface area contributed by atoms with Gasteiger partial charge >= 0.3 is 6.03 Å². The average molecular weight is 290 g/mol. The SMILES string of the molecule is COc1ccccc1CCNC(=O)NC1CCCCC1C. The quantitative estimate of drug-likeness (QED) is 0.875. The standard InChI is InChI=1S/C17H26N2O2/c1-13-7-3-5-9-15(13)19-17(20)18-12-11-14-8-4-6-10-16(14)21-2/h4,6,8,10,13,15H,3,5,7,9,11-12H2,1-2H3,(H2,18,19,20). The van der Waals surface area contributed by atoms with Gasteiger partial charge in [-0.2, -0.15) is 0 Å². The minimum absolute atomic E-state index is 0.0522. The maximum atomic E-state index is 11.9. The minimum atomic E-state index is -0.0522. The van der Waals surface area contributed by atoms with E-state index < -0.39 is 0 Å². The Morgan fingerprint density at radius 1 is 1.29 bits per heavy atom. The van der Waals surface area contributed by atoms with Crippen LogP contribution in [0.2, 0.25) is 0 Å². The first kappa shape index (κ1) is 15.7. The highest BCUT2D eigenvalue weighted by Crippen LogP contribution is 2.23. The van der Waals surface area contributed by atoms with Crippen LogP contribution in [0, 0.1) is 5.92 Å². The monoisotopic (exact) mass is 290 g/mol. The number of carbonyl (C=O) groups is 1. The molecule has 116 valence electrons. The Balaban J connectivity index is 1.74. The predicted octanol–water partition coefficient (Wildman–Crippen LogP) is 3.12. The molecule has 0 aliphatic heterocycles. The largest absolute Gasteiger partial charge is 0.496 e. The topological polar surface area (TPSA) is 50.4 Å². The number of amides is 2. The van der Waals surface area contributed by atoms with Crippen LogP contribution in [0.25, 0.3) is 0 Å². The Bertz CT molecular complexity index is 462. The van der Waals surface area contributed by atoms with Crippen molar-refractivity contribution in [2.24, 2.45) is 5.92 Å². The van der Waals surface area contributed by atoms with Crippen LogP contribution in [-0.2, 0) is 6.42 Å². The van der Waals surface area contributed by atoms with E-state index in [0.29, 0.717) is 18.5 Å². The molecule has 2 atom stereocenters. The molecule has 0 saturated heterocycles. The third-order valence-corrected chi connectivity index (χ3v) is 4.30. The van der Waals surface area contributed by atoms with Gasteiger partial charge in [-0.3, -0.25) is 0 Å². The highest BCUT2D eigenvalue weighted by atomic mass is 16.5. The second-order valence-corrected chi connectivity index (χ2v) is 5.83. The Hall–Kier alpha value is -1.71. The fourth-order valence-electron chi connectivity index (χ4n) is 2.97. The number of hydrogen-bond acceptors (Lipinski definition) is 2. The van der Waals surface area contributed by atoms with E-state index in [2.05, 4.69) is 17.6 Å². The van der Waals surface area contributed by atoms with Gasteiger partial charge in [0.2, 0.25) is 0 Å². The van der Waals surface area contributed by atoms with E-state index in [4.69, 9.17) is 4.74 Å². The Morgan fingerprint density at radius 3 is 2.81 bits per heavy atom. The molecule has 1 aromatic rings. The summed E-state index contributed by atoms with van der Waals surface area (Å²) >= 11 is 0. The lowest BCUT2D eigenvalue weighted by atomic mass is 9.86. The number of ether oxygens (including phenoxy) is 1. The number of benzene rings is 1. The van der Waals surface area contributed by atoms with Crippen molar-refractivity contribution in [3.63, 3.8) is 0 Å². The first-order chi connectivity index (χ1) is 10.2. The first-order valence-electron chi connectivity index (χ1n) is 7.87. The summed E-state index contributed by atoms with van der Waals surface area (Å²) < 4.78 is 5.31. The first-order valence-corrected chi connectivity index (χ1v) is 7.87. The second-order valence-electron chi connectivity index (χ2n) is 5.83. The highest BCUT2D eigenvalue weighted by Gasteiger charge is 2.22. The van der Waals surface area contributed by atoms with Crippen LogP contribution < -0.4 is 15.4 Å². The fraction of sp³-hybridized carbons (Fsp3) is 0.588. The summed E-state index contributed by atoms with van der Waals surface area (Å²) in [5.41, 5.74) is 1.12. The van der Waals surface area contributed by atoms with Crippen molar-refractivity contribution in [3.05, 3.63) is 29.8 Å². The maximum absolute atomic E-state index is 11.9. The zero-order valence-electron chi connectivity index (χ0n) is 13.0. The molecule has 1 aliphatic carbocycles. The van der Waals surface area contributed by atoms with Crippen molar-refractivity contribution < 1.29 is 9.53 Å². The molecule has 1 aliphatic rings. The molecule has 1 aromatic carbocycles. The van der Waals surface area contributed by atoms with Gasteiger partial charge in [-0.05, 0) is 36.8 Å². The molecule has 1 fully saturated rings. The van der Waals surface area contributed by atoms with Crippen molar-refractivity contribution in [2.75, 3.05) is 13.7 Å². The molecular weight excluding hydrogens is 264 g/mol. The molecule has 1 saturated carbocycles. The average Bonchev–Trinajstić information content (AvgIpc) is 2.50. The number of hydrogen-bond donors (Lipinski definition) is 2. The lowest BCUT2D eigenvalue weighted by molar-refractivity contribution is 0.222. The molecule has 21 heavy (non-hydrogen) atoms. The summed E-state index contributed by atoms with van der Waals surface area (Å²) in [5, 5.41) is 6.05. The number of urea groups is 1. The van der Waals surface area contributed by atoms with Crippen molar-refractivity contribution in [1.82, 2.24) is 10.6 Å². The summed E-state index contributed by atoms with van der Waals surface area (Å²) in [5.74, 6) is 1.46. The molecule has 2 rings (SSSR count). The van der Waals surface area contributed by atoms with Crippen molar-refractivity contribution in [3.8, 4) is 5.75 Å². The summed E-state index contributed by atoms with van der Waals surface area (Å²) in [6.45, 7) is 2.84. The molecular formula is C17H26N2O2. The van der Waals surface area contributed by atoms with E-state index in [1.807, 2.05) is 24.3 Å². The highest BCUT2D eigenvalue weighted by molar-refractivity contribution is 5.74. The van der Waals surface area contributed by atoms with Crippen LogP contribution in [0.4, 0.5) is 4.79 Å². The van der Waals surface area contributed by atoms with E-state index in [0.717, 1.165) is 24.2 Å². The lowest BCUT2D eigenvalue weighted by Crippen LogP contribution is -2.46. The molecule has 0 bridgehead atoms. The molecule has 0 radical (unpaired) electrons. The summed E-state index contributed by atoms with van der Waals surface area (Å²) in [6, 6.07) is 8.18. The molecule has 2 amide bonds. The van der Waals surface area contributed by atoms with E-state index >= 15 is 0 Å². The zero-order chi connectivity index (χ0) is 15.1. The number of nitrogens with one attached hydrogen (secondary N) is 2. The van der Waals surface area contributed by atoms with E-state index in [-0.39, 0.29) is 6.03 Å². The molecule has 0 heterocycles. The normalized spacial score (nSPS) is 21.6. The lowest BCUT2D eigenvalue weighted by Gasteiger charge is -2.29. The van der Waals surface area contributed by atoms with Crippen LogP contribution in [-0.4, -0.2) is 25.7 Å². The summed E-state index contributed by atoms with van der Waals surface area (Å²) in [6.07, 6.45) is 5.59. The number of methoxy groups -OCH3 is 1. The summed E-state index contributed by atoms with van der Waals surface area (Å²) in [4.78, 5) is 11.9. The van der Waals surface area contributed by atoms with Crippen molar-refractivity contribution >= 4 is 6.03 Å². The third-order valence-electron chi connectivity index (χ3n) is 4.30. The van der Waals surface area contributed by atoms with Gasteiger partial charge in [-0.15, -0.1) is 0 Å². The van der Waals surface area contributed by atoms with Crippen LogP contribution >= 0.6 is 0 Å². The Kier molecular flexibility index (Phi) is 5.90. The van der Waals surface area contributed by atoms with Crippen LogP contribution in [0.3, 0.4) is 0 Å². The van der Waals surface area contributed by atoms with Crippen LogP contribution in [0.1, 0.15) is 38.2 Å². The van der Waals surface area contributed by atoms with Gasteiger partial charge < -0.3 is 15.4 Å². The molecule has 4 heteroatoms. The predicted molar refractivity (Wildman–Crippen MR) is 84.7 cm³/mol. The number of para-hydroxylation sites is 1. The molecule has 2 N–H and O–H groups in total. The Morgan fingerprint density at radius 2 is 2.05 bits per heavy atom. The van der Waals surface area contributed by atoms with Gasteiger partial charge in [0, 0.05) is 12.6 Å². The zero-order valence-corrected chi connectivity index (χ0v) is 13.0. The molecule has 0 aromatic heterocycles. The van der Waals surface area contributed by atoms with Crippen molar-refractivity contribution in [1.29, 1.82) is 0 Å². The molecule has 4 nitrogen and oxygen atoms in total. The summed E-state index contributed by atoms with van der Waals surface area (Å²) in [7, 11) is 1.67. The fourth-order valence-corrected chi connectivity index (χ4v) is 2.97. The van der Waals surface area contributed by atoms with Crippen molar-refractivity contribution in [2.45, 2.75) is 45.1 Å². The number of rotatable bonds is 5. The van der Waals surface area contributed by atoms with Crippen LogP contribution in [0.15, 0.2) is 24.3 Å². The van der Waals surface area contributed by atoms with Gasteiger partial charge in [0.1, 0.15) is 5.75 Å². The van der Waals surface area contributed by atoms with Gasteiger partial charge in [-0.1, -0.05) is 38.0 Å². The van der Waals surface area contributed by atoms with E-state index in [9.17, 15) is 4.79 Å². The second kappa shape index (κ2) is 7.91. The molecule has 2 unspecified atom stereocenters. The molecule has 0 spiro atoms. The van der Waals surface area contributed by atoms with Gasteiger partial charge in [0.15, 0.2) is 0 Å². The Labute approximate surface area is 127 Å². The van der Waals surface area contributed by atoms with Gasteiger partial charge in [0.05, 0.1) is 7.11 Å². The third kappa shape index (κ3) is 4.66.